The number of benzene rings is 3. The molecule has 4 rings (SSSR count). The van der Waals surface area contributed by atoms with Crippen molar-refractivity contribution >= 4 is 5.91 Å². The topological polar surface area (TPSA) is 85.0 Å². The Morgan fingerprint density at radius 2 is 1.81 bits per heavy atom. The number of nitrogens with two attached hydrogens (primary N) is 1. The average molecular weight is 489 g/mol. The largest absolute Gasteiger partial charge is 0.457 e. The lowest BCUT2D eigenvalue weighted by Gasteiger charge is -2.29. The summed E-state index contributed by atoms with van der Waals surface area (Å²) in [4.78, 5) is 14.6. The van der Waals surface area contributed by atoms with Gasteiger partial charge in [-0.05, 0) is 74.1 Å². The van der Waals surface area contributed by atoms with Crippen molar-refractivity contribution in [1.82, 2.24) is 4.90 Å². The van der Waals surface area contributed by atoms with Crippen LogP contribution in [0.2, 0.25) is 0 Å². The van der Waals surface area contributed by atoms with Crippen molar-refractivity contribution in [2.75, 3.05) is 20.2 Å². The standard InChI is InChI=1S/C30H36N2O4/c1-22-10-3-5-15-27(22)36-28-16-6-4-14-26(28)30(34,35-2)18-8-7-11-23-12-9-13-24(20-23)29(33)32-19-17-25(31)21-32/h3-6,9-10,12-16,20,25,34H,7-8,11,17-19,21,31H2,1-2H3. The van der Waals surface area contributed by atoms with Crippen molar-refractivity contribution in [3.63, 3.8) is 0 Å². The van der Waals surface area contributed by atoms with Crippen LogP contribution >= 0.6 is 0 Å². The van der Waals surface area contributed by atoms with E-state index >= 15 is 0 Å². The summed E-state index contributed by atoms with van der Waals surface area (Å²) in [5.41, 5.74) is 9.39. The zero-order valence-electron chi connectivity index (χ0n) is 21.2. The molecule has 0 radical (unpaired) electrons. The summed E-state index contributed by atoms with van der Waals surface area (Å²) in [6.07, 6.45) is 3.66. The lowest BCUT2D eigenvalue weighted by molar-refractivity contribution is -0.200. The van der Waals surface area contributed by atoms with Crippen LogP contribution in [0.1, 0.15) is 52.7 Å². The fraction of sp³-hybridized carbons (Fsp3) is 0.367. The monoisotopic (exact) mass is 488 g/mol. The van der Waals surface area contributed by atoms with E-state index in [1.807, 2.05) is 84.6 Å². The molecule has 2 unspecified atom stereocenters. The van der Waals surface area contributed by atoms with Crippen LogP contribution in [-0.2, 0) is 16.9 Å². The van der Waals surface area contributed by atoms with E-state index < -0.39 is 5.79 Å². The third-order valence-electron chi connectivity index (χ3n) is 6.88. The number of para-hydroxylation sites is 2. The number of carbonyl (C=O) groups excluding carboxylic acids is 1. The van der Waals surface area contributed by atoms with Crippen LogP contribution in [0.25, 0.3) is 0 Å². The minimum Gasteiger partial charge on any atom is -0.457 e. The number of hydrogen-bond acceptors (Lipinski definition) is 5. The van der Waals surface area contributed by atoms with Gasteiger partial charge in [-0.25, -0.2) is 0 Å². The number of hydrogen-bond donors (Lipinski definition) is 2. The van der Waals surface area contributed by atoms with Crippen molar-refractivity contribution < 1.29 is 19.4 Å². The first-order valence-corrected chi connectivity index (χ1v) is 12.6. The van der Waals surface area contributed by atoms with Gasteiger partial charge in [0.1, 0.15) is 11.5 Å². The molecule has 1 fully saturated rings. The first kappa shape index (κ1) is 25.9. The van der Waals surface area contributed by atoms with Gasteiger partial charge in [0.05, 0.1) is 5.56 Å². The molecule has 0 saturated carbocycles. The van der Waals surface area contributed by atoms with Gasteiger partial charge in [0.25, 0.3) is 5.91 Å². The second-order valence-corrected chi connectivity index (χ2v) is 9.56. The van der Waals surface area contributed by atoms with E-state index in [0.29, 0.717) is 29.8 Å². The van der Waals surface area contributed by atoms with Gasteiger partial charge in [-0.2, -0.15) is 0 Å². The molecule has 3 aromatic rings. The maximum atomic E-state index is 12.8. The SMILES string of the molecule is COC(O)(CCCCc1cccc(C(=O)N2CCC(N)C2)c1)c1ccccc1Oc1ccccc1C. The molecule has 1 aliphatic heterocycles. The van der Waals surface area contributed by atoms with Crippen LogP contribution in [0.3, 0.4) is 0 Å². The van der Waals surface area contributed by atoms with Crippen LogP contribution < -0.4 is 10.5 Å². The molecule has 1 saturated heterocycles. The molecule has 190 valence electrons. The number of unbranched alkanes of at least 4 members (excludes halogenated alkanes) is 1. The summed E-state index contributed by atoms with van der Waals surface area (Å²) in [5, 5.41) is 11.4. The highest BCUT2D eigenvalue weighted by atomic mass is 16.6. The fourth-order valence-electron chi connectivity index (χ4n) is 4.72. The summed E-state index contributed by atoms with van der Waals surface area (Å²) < 4.78 is 11.8. The first-order chi connectivity index (χ1) is 17.4. The van der Waals surface area contributed by atoms with Gasteiger partial charge in [-0.15, -0.1) is 0 Å². The van der Waals surface area contributed by atoms with Gasteiger partial charge in [0.2, 0.25) is 0 Å². The maximum Gasteiger partial charge on any atom is 0.253 e. The smallest absolute Gasteiger partial charge is 0.253 e. The molecule has 6 nitrogen and oxygen atoms in total. The Morgan fingerprint density at radius 3 is 2.53 bits per heavy atom. The number of ether oxygens (including phenoxy) is 2. The van der Waals surface area contributed by atoms with Crippen LogP contribution in [0.4, 0.5) is 0 Å². The van der Waals surface area contributed by atoms with Gasteiger partial charge < -0.3 is 25.2 Å². The van der Waals surface area contributed by atoms with E-state index in [-0.39, 0.29) is 11.9 Å². The minimum absolute atomic E-state index is 0.0452. The van der Waals surface area contributed by atoms with Crippen molar-refractivity contribution in [3.05, 3.63) is 95.1 Å². The number of rotatable bonds is 10. The Hall–Kier alpha value is -3.19. The molecule has 36 heavy (non-hydrogen) atoms. The third kappa shape index (κ3) is 6.13. The average Bonchev–Trinajstić information content (AvgIpc) is 3.34. The normalized spacial score (nSPS) is 17.1. The summed E-state index contributed by atoms with van der Waals surface area (Å²) in [7, 11) is 1.52. The van der Waals surface area contributed by atoms with Gasteiger partial charge in [-0.3, -0.25) is 4.79 Å². The van der Waals surface area contributed by atoms with Crippen LogP contribution in [0, 0.1) is 6.92 Å². The molecule has 6 heteroatoms. The fourth-order valence-corrected chi connectivity index (χ4v) is 4.72. The van der Waals surface area contributed by atoms with Crippen LogP contribution in [0.15, 0.2) is 72.8 Å². The van der Waals surface area contributed by atoms with E-state index in [2.05, 4.69) is 0 Å². The highest BCUT2D eigenvalue weighted by Crippen LogP contribution is 2.37. The summed E-state index contributed by atoms with van der Waals surface area (Å²) in [6, 6.07) is 23.1. The zero-order valence-corrected chi connectivity index (χ0v) is 21.2. The first-order valence-electron chi connectivity index (χ1n) is 12.6. The molecule has 2 atom stereocenters. The number of aliphatic hydroxyl groups is 1. The lowest BCUT2D eigenvalue weighted by Crippen LogP contribution is -2.31. The van der Waals surface area contributed by atoms with Crippen molar-refractivity contribution in [2.24, 2.45) is 5.73 Å². The van der Waals surface area contributed by atoms with E-state index in [4.69, 9.17) is 15.2 Å². The maximum absolute atomic E-state index is 12.8. The second-order valence-electron chi connectivity index (χ2n) is 9.56. The molecule has 1 aliphatic rings. The van der Waals surface area contributed by atoms with Crippen molar-refractivity contribution in [2.45, 2.75) is 50.9 Å². The highest BCUT2D eigenvalue weighted by Gasteiger charge is 2.32. The van der Waals surface area contributed by atoms with Crippen molar-refractivity contribution in [1.29, 1.82) is 0 Å². The number of aryl methyl sites for hydroxylation is 2. The quantitative estimate of drug-likeness (QED) is 0.304. The summed E-state index contributed by atoms with van der Waals surface area (Å²) in [5.74, 6) is -0.104. The number of nitrogens with zero attached hydrogens (tertiary/aromatic N) is 1. The molecule has 3 N–H and O–H groups in total. The number of likely N-dealkylation sites (tertiary alicyclic amines) is 1. The van der Waals surface area contributed by atoms with E-state index in [0.717, 1.165) is 49.1 Å². The number of methoxy groups -OCH3 is 1. The van der Waals surface area contributed by atoms with Crippen LogP contribution in [-0.4, -0.2) is 42.2 Å². The second kappa shape index (κ2) is 11.7. The van der Waals surface area contributed by atoms with E-state index in [1.165, 1.54) is 7.11 Å². The molecule has 1 heterocycles. The van der Waals surface area contributed by atoms with E-state index in [1.54, 1.807) is 0 Å². The highest BCUT2D eigenvalue weighted by molar-refractivity contribution is 5.94. The molecular formula is C30H36N2O4. The van der Waals surface area contributed by atoms with E-state index in [9.17, 15) is 9.90 Å². The molecule has 1 amide bonds. The third-order valence-corrected chi connectivity index (χ3v) is 6.88. The van der Waals surface area contributed by atoms with Gasteiger partial charge in [0.15, 0.2) is 5.79 Å². The van der Waals surface area contributed by atoms with Crippen molar-refractivity contribution in [3.8, 4) is 11.5 Å². The minimum atomic E-state index is -1.47. The molecule has 0 aromatic heterocycles. The Bertz CT molecular complexity index is 1180. The Labute approximate surface area is 213 Å². The Morgan fingerprint density at radius 1 is 1.06 bits per heavy atom. The summed E-state index contributed by atoms with van der Waals surface area (Å²) >= 11 is 0. The lowest BCUT2D eigenvalue weighted by atomic mass is 9.96. The molecular weight excluding hydrogens is 452 g/mol. The molecule has 0 aliphatic carbocycles. The van der Waals surface area contributed by atoms with Gasteiger partial charge in [0, 0.05) is 38.2 Å². The molecule has 0 bridgehead atoms. The Kier molecular flexibility index (Phi) is 8.41. The Balaban J connectivity index is 1.38. The summed E-state index contributed by atoms with van der Waals surface area (Å²) in [6.45, 7) is 3.33. The number of carbonyl (C=O) groups is 1. The van der Waals surface area contributed by atoms with Crippen LogP contribution in [0.5, 0.6) is 11.5 Å². The zero-order chi connectivity index (χ0) is 25.5. The van der Waals surface area contributed by atoms with Gasteiger partial charge in [-0.1, -0.05) is 42.5 Å². The number of amides is 1. The predicted molar refractivity (Wildman–Crippen MR) is 141 cm³/mol. The molecule has 3 aromatic carbocycles. The predicted octanol–water partition coefficient (Wildman–Crippen LogP) is 5.17. The molecule has 0 spiro atoms. The van der Waals surface area contributed by atoms with Gasteiger partial charge >= 0.3 is 0 Å².